The van der Waals surface area contributed by atoms with E-state index in [0.29, 0.717) is 24.0 Å². The van der Waals surface area contributed by atoms with Gasteiger partial charge in [0.05, 0.1) is 6.54 Å². The van der Waals surface area contributed by atoms with Crippen molar-refractivity contribution in [1.29, 1.82) is 0 Å². The zero-order chi connectivity index (χ0) is 10.7. The van der Waals surface area contributed by atoms with Crippen LogP contribution in [0.5, 0.6) is 0 Å². The van der Waals surface area contributed by atoms with Crippen LogP contribution in [0.4, 0.5) is 5.82 Å². The van der Waals surface area contributed by atoms with E-state index in [9.17, 15) is 4.79 Å². The Hall–Kier alpha value is -2.18. The standard InChI is InChI=1S/C8H9N5O2/c1-5-11-6(2-8(14)12-5)9-3-7-10-4-15-13-7/h2,4H,3H2,1H3,(H2,9,11,12,14). The molecule has 2 aromatic rings. The van der Waals surface area contributed by atoms with Crippen LogP contribution in [0.25, 0.3) is 0 Å². The maximum absolute atomic E-state index is 11.1. The number of rotatable bonds is 3. The highest BCUT2D eigenvalue weighted by Crippen LogP contribution is 2.00. The number of aromatic nitrogens is 4. The third-order valence-electron chi connectivity index (χ3n) is 1.69. The average molecular weight is 207 g/mol. The summed E-state index contributed by atoms with van der Waals surface area (Å²) in [5, 5.41) is 6.53. The van der Waals surface area contributed by atoms with Crippen LogP contribution in [0.1, 0.15) is 11.6 Å². The molecule has 78 valence electrons. The molecule has 0 saturated heterocycles. The first-order valence-electron chi connectivity index (χ1n) is 4.31. The molecule has 2 N–H and O–H groups in total. The second-order valence-electron chi connectivity index (χ2n) is 2.92. The Morgan fingerprint density at radius 2 is 2.47 bits per heavy atom. The molecular weight excluding hydrogens is 198 g/mol. The highest BCUT2D eigenvalue weighted by Gasteiger charge is 2.00. The van der Waals surface area contributed by atoms with Crippen molar-refractivity contribution < 1.29 is 4.52 Å². The minimum atomic E-state index is -0.196. The summed E-state index contributed by atoms with van der Waals surface area (Å²) in [6.45, 7) is 2.08. The van der Waals surface area contributed by atoms with Gasteiger partial charge in [-0.1, -0.05) is 5.16 Å². The highest BCUT2D eigenvalue weighted by atomic mass is 16.5. The molecule has 0 aliphatic rings. The summed E-state index contributed by atoms with van der Waals surface area (Å²) in [6, 6.07) is 1.37. The van der Waals surface area contributed by atoms with Gasteiger partial charge in [-0.25, -0.2) is 4.98 Å². The van der Waals surface area contributed by atoms with Crippen molar-refractivity contribution >= 4 is 5.82 Å². The first-order valence-corrected chi connectivity index (χ1v) is 4.31. The van der Waals surface area contributed by atoms with Crippen molar-refractivity contribution in [2.45, 2.75) is 13.5 Å². The third-order valence-corrected chi connectivity index (χ3v) is 1.69. The quantitative estimate of drug-likeness (QED) is 0.739. The summed E-state index contributed by atoms with van der Waals surface area (Å²) < 4.78 is 4.56. The van der Waals surface area contributed by atoms with Crippen LogP contribution in [0.3, 0.4) is 0 Å². The van der Waals surface area contributed by atoms with E-state index in [0.717, 1.165) is 0 Å². The molecule has 0 radical (unpaired) electrons. The molecule has 0 spiro atoms. The molecule has 7 heteroatoms. The third kappa shape index (κ3) is 2.39. The normalized spacial score (nSPS) is 10.2. The Labute approximate surface area is 84.6 Å². The van der Waals surface area contributed by atoms with Crippen LogP contribution in [0.15, 0.2) is 21.8 Å². The van der Waals surface area contributed by atoms with Crippen molar-refractivity contribution in [2.24, 2.45) is 0 Å². The van der Waals surface area contributed by atoms with Gasteiger partial charge in [-0.15, -0.1) is 0 Å². The van der Waals surface area contributed by atoms with Gasteiger partial charge in [0.25, 0.3) is 5.56 Å². The Morgan fingerprint density at radius 1 is 1.60 bits per heavy atom. The summed E-state index contributed by atoms with van der Waals surface area (Å²) in [7, 11) is 0. The fourth-order valence-corrected chi connectivity index (χ4v) is 1.11. The Balaban J connectivity index is 2.08. The minimum absolute atomic E-state index is 0.196. The van der Waals surface area contributed by atoms with Gasteiger partial charge in [0, 0.05) is 6.07 Å². The van der Waals surface area contributed by atoms with E-state index < -0.39 is 0 Å². The molecular formula is C8H9N5O2. The van der Waals surface area contributed by atoms with Gasteiger partial charge in [0.2, 0.25) is 6.39 Å². The van der Waals surface area contributed by atoms with Crippen LogP contribution >= 0.6 is 0 Å². The van der Waals surface area contributed by atoms with Crippen LogP contribution in [-0.4, -0.2) is 20.1 Å². The fourth-order valence-electron chi connectivity index (χ4n) is 1.11. The van der Waals surface area contributed by atoms with Crippen molar-refractivity contribution in [1.82, 2.24) is 20.1 Å². The Bertz CT molecular complexity index is 490. The molecule has 0 unspecified atom stereocenters. The van der Waals surface area contributed by atoms with E-state index in [1.54, 1.807) is 6.92 Å². The van der Waals surface area contributed by atoms with Crippen LogP contribution in [0.2, 0.25) is 0 Å². The van der Waals surface area contributed by atoms with Crippen LogP contribution in [-0.2, 0) is 6.54 Å². The monoisotopic (exact) mass is 207 g/mol. The van der Waals surface area contributed by atoms with Crippen LogP contribution in [0, 0.1) is 6.92 Å². The van der Waals surface area contributed by atoms with E-state index in [-0.39, 0.29) is 5.56 Å². The van der Waals surface area contributed by atoms with Gasteiger partial charge < -0.3 is 14.8 Å². The summed E-state index contributed by atoms with van der Waals surface area (Å²) in [5.41, 5.74) is -0.196. The lowest BCUT2D eigenvalue weighted by atomic mass is 10.5. The Morgan fingerprint density at radius 3 is 3.13 bits per heavy atom. The van der Waals surface area contributed by atoms with E-state index in [1.807, 2.05) is 0 Å². The van der Waals surface area contributed by atoms with Crippen molar-refractivity contribution in [3.8, 4) is 0 Å². The van der Waals surface area contributed by atoms with Crippen molar-refractivity contribution in [3.63, 3.8) is 0 Å². The largest absolute Gasteiger partial charge is 0.362 e. The number of H-pyrrole nitrogens is 1. The number of aryl methyl sites for hydroxylation is 1. The topological polar surface area (TPSA) is 96.7 Å². The van der Waals surface area contributed by atoms with E-state index >= 15 is 0 Å². The molecule has 0 aliphatic heterocycles. The minimum Gasteiger partial charge on any atom is -0.362 e. The van der Waals surface area contributed by atoms with Gasteiger partial charge >= 0.3 is 0 Å². The van der Waals surface area contributed by atoms with Crippen molar-refractivity contribution in [3.05, 3.63) is 34.5 Å². The number of anilines is 1. The molecule has 0 amide bonds. The maximum atomic E-state index is 11.1. The zero-order valence-electron chi connectivity index (χ0n) is 8.02. The number of hydrogen-bond acceptors (Lipinski definition) is 6. The lowest BCUT2D eigenvalue weighted by Crippen LogP contribution is -2.12. The number of nitrogens with one attached hydrogen (secondary N) is 2. The first-order chi connectivity index (χ1) is 7.24. The lowest BCUT2D eigenvalue weighted by molar-refractivity contribution is 0.411. The smallest absolute Gasteiger partial charge is 0.252 e. The number of aromatic amines is 1. The molecule has 0 fully saturated rings. The molecule has 2 heterocycles. The SMILES string of the molecule is Cc1nc(NCc2ncon2)cc(=O)[nH]1. The second-order valence-corrected chi connectivity index (χ2v) is 2.92. The van der Waals surface area contributed by atoms with Gasteiger partial charge in [-0.2, -0.15) is 4.98 Å². The zero-order valence-corrected chi connectivity index (χ0v) is 8.02. The molecule has 7 nitrogen and oxygen atoms in total. The second kappa shape index (κ2) is 3.91. The predicted molar refractivity (Wildman–Crippen MR) is 51.2 cm³/mol. The summed E-state index contributed by atoms with van der Waals surface area (Å²) >= 11 is 0. The van der Waals surface area contributed by atoms with E-state index in [1.165, 1.54) is 12.5 Å². The lowest BCUT2D eigenvalue weighted by Gasteiger charge is -2.02. The number of hydrogen-bond donors (Lipinski definition) is 2. The molecule has 0 atom stereocenters. The summed E-state index contributed by atoms with van der Waals surface area (Å²) in [5.74, 6) is 1.55. The van der Waals surface area contributed by atoms with Gasteiger partial charge in [-0.3, -0.25) is 4.79 Å². The molecule has 0 aromatic carbocycles. The fraction of sp³-hybridized carbons (Fsp3) is 0.250. The van der Waals surface area contributed by atoms with E-state index in [4.69, 9.17) is 0 Å². The predicted octanol–water partition coefficient (Wildman–Crippen LogP) is 0.0734. The Kier molecular flexibility index (Phi) is 2.44. The molecule has 0 saturated carbocycles. The van der Waals surface area contributed by atoms with Gasteiger partial charge in [0.1, 0.15) is 11.6 Å². The number of nitrogens with zero attached hydrogens (tertiary/aromatic N) is 3. The molecule has 0 aliphatic carbocycles. The van der Waals surface area contributed by atoms with Crippen molar-refractivity contribution in [2.75, 3.05) is 5.32 Å². The molecule has 2 aromatic heterocycles. The van der Waals surface area contributed by atoms with Crippen LogP contribution < -0.4 is 10.9 Å². The average Bonchev–Trinajstić information content (AvgIpc) is 2.65. The van der Waals surface area contributed by atoms with Gasteiger partial charge in [-0.05, 0) is 6.92 Å². The molecule has 2 rings (SSSR count). The van der Waals surface area contributed by atoms with E-state index in [2.05, 4.69) is 29.9 Å². The maximum Gasteiger partial charge on any atom is 0.252 e. The van der Waals surface area contributed by atoms with Gasteiger partial charge in [0.15, 0.2) is 5.82 Å². The molecule has 15 heavy (non-hydrogen) atoms. The first kappa shape index (κ1) is 9.38. The summed E-state index contributed by atoms with van der Waals surface area (Å²) in [4.78, 5) is 21.5. The molecule has 0 bridgehead atoms. The summed E-state index contributed by atoms with van der Waals surface area (Å²) in [6.07, 6.45) is 1.24. The highest BCUT2D eigenvalue weighted by molar-refractivity contribution is 5.32.